The van der Waals surface area contributed by atoms with Gasteiger partial charge in [-0.1, -0.05) is 6.92 Å². The lowest BCUT2D eigenvalue weighted by atomic mass is 10.0. The Labute approximate surface area is 125 Å². The first kappa shape index (κ1) is 14.5. The Balaban J connectivity index is 1.72. The van der Waals surface area contributed by atoms with Gasteiger partial charge in [0.05, 0.1) is 23.8 Å². The molecule has 2 atom stereocenters. The summed E-state index contributed by atoms with van der Waals surface area (Å²) >= 11 is 0. The number of hydrogen-bond donors (Lipinski definition) is 2. The van der Waals surface area contributed by atoms with Crippen LogP contribution in [0.2, 0.25) is 0 Å². The van der Waals surface area contributed by atoms with E-state index in [-0.39, 0.29) is 11.9 Å². The summed E-state index contributed by atoms with van der Waals surface area (Å²) in [6, 6.07) is 0.200. The lowest BCUT2D eigenvalue weighted by molar-refractivity contribution is -0.136. The maximum atomic E-state index is 12.9. The van der Waals surface area contributed by atoms with Crippen molar-refractivity contribution in [2.75, 3.05) is 26.7 Å². The molecule has 0 radical (unpaired) electrons. The van der Waals surface area contributed by atoms with Crippen LogP contribution in [0.25, 0.3) is 0 Å². The highest BCUT2D eigenvalue weighted by atomic mass is 16.2. The van der Waals surface area contributed by atoms with E-state index in [0.29, 0.717) is 19.0 Å². The van der Waals surface area contributed by atoms with Crippen LogP contribution in [0, 0.1) is 0 Å². The zero-order chi connectivity index (χ0) is 14.8. The lowest BCUT2D eigenvalue weighted by Crippen LogP contribution is -2.53. The van der Waals surface area contributed by atoms with Gasteiger partial charge in [-0.2, -0.15) is 0 Å². The van der Waals surface area contributed by atoms with Crippen LogP contribution in [0.4, 0.5) is 0 Å². The Bertz CT molecular complexity index is 500. The van der Waals surface area contributed by atoms with Crippen molar-refractivity contribution in [2.24, 2.45) is 0 Å². The molecule has 2 aliphatic heterocycles. The SMILES string of the molecule is CCC1CN(C)CCCN1C(=O)C1Cc2nc[nH]c2CN1. The standard InChI is InChI=1S/C15H25N5O/c1-3-11-9-19(2)5-4-6-20(11)15(21)13-7-12-14(8-16-13)18-10-17-12/h10-11,13,16H,3-9H2,1-2H3,(H,17,18). The molecule has 1 aromatic heterocycles. The first-order valence-corrected chi connectivity index (χ1v) is 7.92. The first-order chi connectivity index (χ1) is 10.2. The highest BCUT2D eigenvalue weighted by Gasteiger charge is 2.33. The van der Waals surface area contributed by atoms with Crippen LogP contribution in [-0.2, 0) is 17.8 Å². The summed E-state index contributed by atoms with van der Waals surface area (Å²) in [6.07, 6.45) is 4.48. The van der Waals surface area contributed by atoms with E-state index in [1.165, 1.54) is 0 Å². The number of aromatic amines is 1. The number of amides is 1. The molecule has 116 valence electrons. The van der Waals surface area contributed by atoms with Crippen LogP contribution >= 0.6 is 0 Å². The molecule has 0 bridgehead atoms. The summed E-state index contributed by atoms with van der Waals surface area (Å²) in [5.41, 5.74) is 2.15. The number of nitrogens with one attached hydrogen (secondary N) is 2. The fraction of sp³-hybridized carbons (Fsp3) is 0.733. The predicted octanol–water partition coefficient (Wildman–Crippen LogP) is 0.367. The highest BCUT2D eigenvalue weighted by Crippen LogP contribution is 2.18. The molecule has 6 nitrogen and oxygen atoms in total. The number of nitrogens with zero attached hydrogens (tertiary/aromatic N) is 3. The molecule has 0 saturated carbocycles. The number of rotatable bonds is 2. The van der Waals surface area contributed by atoms with E-state index < -0.39 is 0 Å². The van der Waals surface area contributed by atoms with Gasteiger partial charge >= 0.3 is 0 Å². The van der Waals surface area contributed by atoms with E-state index in [9.17, 15) is 4.79 Å². The molecule has 3 heterocycles. The second kappa shape index (κ2) is 6.15. The molecule has 2 unspecified atom stereocenters. The molecule has 1 fully saturated rings. The summed E-state index contributed by atoms with van der Waals surface area (Å²) in [5, 5.41) is 3.36. The van der Waals surface area contributed by atoms with Crippen LogP contribution in [0.1, 0.15) is 31.2 Å². The summed E-state index contributed by atoms with van der Waals surface area (Å²) in [4.78, 5) is 24.8. The Kier molecular flexibility index (Phi) is 4.26. The molecule has 0 aromatic carbocycles. The number of fused-ring (bicyclic) bond motifs is 1. The lowest BCUT2D eigenvalue weighted by Gasteiger charge is -2.34. The highest BCUT2D eigenvalue weighted by molar-refractivity contribution is 5.82. The molecule has 2 N–H and O–H groups in total. The van der Waals surface area contributed by atoms with Crippen LogP contribution in [0.15, 0.2) is 6.33 Å². The smallest absolute Gasteiger partial charge is 0.240 e. The van der Waals surface area contributed by atoms with Crippen molar-refractivity contribution in [1.29, 1.82) is 0 Å². The van der Waals surface area contributed by atoms with Gasteiger partial charge in [-0.15, -0.1) is 0 Å². The van der Waals surface area contributed by atoms with Crippen molar-refractivity contribution >= 4 is 5.91 Å². The van der Waals surface area contributed by atoms with Gasteiger partial charge in [0.2, 0.25) is 5.91 Å². The van der Waals surface area contributed by atoms with Crippen molar-refractivity contribution in [1.82, 2.24) is 25.1 Å². The van der Waals surface area contributed by atoms with Crippen LogP contribution in [-0.4, -0.2) is 64.4 Å². The van der Waals surface area contributed by atoms with Crippen molar-refractivity contribution in [3.05, 3.63) is 17.7 Å². The third-order valence-electron chi connectivity index (χ3n) is 4.68. The van der Waals surface area contributed by atoms with Gasteiger partial charge in [0, 0.05) is 32.1 Å². The summed E-state index contributed by atoms with van der Waals surface area (Å²) in [6.45, 7) is 5.79. The monoisotopic (exact) mass is 291 g/mol. The molecule has 1 amide bonds. The normalized spacial score (nSPS) is 27.2. The fourth-order valence-corrected chi connectivity index (χ4v) is 3.43. The number of aromatic nitrogens is 2. The van der Waals surface area contributed by atoms with E-state index in [1.807, 2.05) is 0 Å². The van der Waals surface area contributed by atoms with Gasteiger partial charge in [0.1, 0.15) is 0 Å². The van der Waals surface area contributed by atoms with Crippen molar-refractivity contribution in [3.63, 3.8) is 0 Å². The van der Waals surface area contributed by atoms with E-state index in [1.54, 1.807) is 6.33 Å². The zero-order valence-corrected chi connectivity index (χ0v) is 12.9. The van der Waals surface area contributed by atoms with Crippen molar-refractivity contribution < 1.29 is 4.79 Å². The molecule has 2 aliphatic rings. The number of H-pyrrole nitrogens is 1. The van der Waals surface area contributed by atoms with Crippen LogP contribution in [0.5, 0.6) is 0 Å². The number of likely N-dealkylation sites (N-methyl/N-ethyl adjacent to an activating group) is 1. The number of hydrogen-bond acceptors (Lipinski definition) is 4. The topological polar surface area (TPSA) is 64.3 Å². The number of imidazole rings is 1. The molecule has 0 aliphatic carbocycles. The molecule has 21 heavy (non-hydrogen) atoms. The Morgan fingerprint density at radius 2 is 2.33 bits per heavy atom. The molecule has 1 aromatic rings. The predicted molar refractivity (Wildman–Crippen MR) is 80.8 cm³/mol. The average molecular weight is 291 g/mol. The minimum absolute atomic E-state index is 0.127. The molecule has 1 saturated heterocycles. The fourth-order valence-electron chi connectivity index (χ4n) is 3.43. The number of carbonyl (C=O) groups is 1. The largest absolute Gasteiger partial charge is 0.347 e. The van der Waals surface area contributed by atoms with Gasteiger partial charge < -0.3 is 14.8 Å². The van der Waals surface area contributed by atoms with Gasteiger partial charge in [0.15, 0.2) is 0 Å². The molecule has 3 rings (SSSR count). The van der Waals surface area contributed by atoms with Crippen LogP contribution < -0.4 is 5.32 Å². The first-order valence-electron chi connectivity index (χ1n) is 7.92. The summed E-state index contributed by atoms with van der Waals surface area (Å²) in [7, 11) is 2.14. The van der Waals surface area contributed by atoms with Crippen molar-refractivity contribution in [2.45, 2.75) is 44.8 Å². The second-order valence-electron chi connectivity index (χ2n) is 6.17. The zero-order valence-electron chi connectivity index (χ0n) is 12.9. The summed E-state index contributed by atoms with van der Waals surface area (Å²) < 4.78 is 0. The van der Waals surface area contributed by atoms with E-state index in [4.69, 9.17) is 0 Å². The van der Waals surface area contributed by atoms with E-state index in [0.717, 1.165) is 43.9 Å². The van der Waals surface area contributed by atoms with Gasteiger partial charge in [-0.25, -0.2) is 4.98 Å². The Hall–Kier alpha value is -1.40. The molecule has 0 spiro atoms. The minimum Gasteiger partial charge on any atom is -0.347 e. The van der Waals surface area contributed by atoms with Gasteiger partial charge in [0.25, 0.3) is 0 Å². The maximum Gasteiger partial charge on any atom is 0.240 e. The van der Waals surface area contributed by atoms with E-state index >= 15 is 0 Å². The third-order valence-corrected chi connectivity index (χ3v) is 4.68. The average Bonchev–Trinajstić information content (AvgIpc) is 2.88. The number of carbonyl (C=O) groups excluding carboxylic acids is 1. The molecule has 6 heteroatoms. The van der Waals surface area contributed by atoms with Crippen molar-refractivity contribution in [3.8, 4) is 0 Å². The summed E-state index contributed by atoms with van der Waals surface area (Å²) in [5.74, 6) is 0.241. The second-order valence-corrected chi connectivity index (χ2v) is 6.17. The minimum atomic E-state index is -0.127. The Morgan fingerprint density at radius 3 is 3.14 bits per heavy atom. The quantitative estimate of drug-likeness (QED) is 0.826. The Morgan fingerprint density at radius 1 is 1.48 bits per heavy atom. The van der Waals surface area contributed by atoms with Gasteiger partial charge in [-0.05, 0) is 26.4 Å². The van der Waals surface area contributed by atoms with Gasteiger partial charge in [-0.3, -0.25) is 10.1 Å². The molecular weight excluding hydrogens is 266 g/mol. The van der Waals surface area contributed by atoms with Crippen LogP contribution in [0.3, 0.4) is 0 Å². The third kappa shape index (κ3) is 2.96. The maximum absolute atomic E-state index is 12.9. The molecular formula is C15H25N5O. The van der Waals surface area contributed by atoms with E-state index in [2.05, 4.69) is 39.1 Å².